The van der Waals surface area contributed by atoms with Gasteiger partial charge in [-0.25, -0.2) is 4.72 Å². The van der Waals surface area contributed by atoms with Gasteiger partial charge < -0.3 is 4.18 Å². The maximum absolute atomic E-state index is 10.9. The number of benzene rings is 1. The van der Waals surface area contributed by atoms with Crippen molar-refractivity contribution in [2.45, 2.75) is 0 Å². The molecule has 0 heterocycles. The van der Waals surface area contributed by atoms with Gasteiger partial charge in [-0.2, -0.15) is 8.42 Å². The molecule has 14 heavy (non-hydrogen) atoms. The summed E-state index contributed by atoms with van der Waals surface area (Å²) < 4.78 is 27.8. The molecular formula is C7H6ClNO4S. The Morgan fingerprint density at radius 3 is 2.36 bits per heavy atom. The van der Waals surface area contributed by atoms with Gasteiger partial charge >= 0.3 is 10.3 Å². The molecule has 1 N–H and O–H groups in total. The Labute approximate surface area is 85.9 Å². The van der Waals surface area contributed by atoms with Crippen molar-refractivity contribution < 1.29 is 17.4 Å². The van der Waals surface area contributed by atoms with E-state index in [9.17, 15) is 13.2 Å². The fraction of sp³-hybridized carbons (Fsp3) is 0. The van der Waals surface area contributed by atoms with Crippen molar-refractivity contribution in [3.05, 3.63) is 29.3 Å². The van der Waals surface area contributed by atoms with Crippen LogP contribution < -0.4 is 8.91 Å². The Bertz CT molecular complexity index is 414. The molecule has 0 fully saturated rings. The summed E-state index contributed by atoms with van der Waals surface area (Å²) in [5.41, 5.74) is 0. The molecule has 7 heteroatoms. The molecule has 0 aliphatic heterocycles. The fourth-order valence-electron chi connectivity index (χ4n) is 0.700. The monoisotopic (exact) mass is 235 g/mol. The van der Waals surface area contributed by atoms with Gasteiger partial charge in [-0.1, -0.05) is 11.6 Å². The first kappa shape index (κ1) is 10.8. The van der Waals surface area contributed by atoms with E-state index >= 15 is 0 Å². The molecule has 1 rings (SSSR count). The van der Waals surface area contributed by atoms with Crippen molar-refractivity contribution in [2.24, 2.45) is 0 Å². The van der Waals surface area contributed by atoms with Gasteiger partial charge in [0.15, 0.2) is 0 Å². The number of hydrogen-bond acceptors (Lipinski definition) is 4. The van der Waals surface area contributed by atoms with Crippen LogP contribution in [0.5, 0.6) is 5.75 Å². The molecule has 1 aromatic rings. The summed E-state index contributed by atoms with van der Waals surface area (Å²) >= 11 is 5.57. The third-order valence-electron chi connectivity index (χ3n) is 1.21. The summed E-state index contributed by atoms with van der Waals surface area (Å²) in [5.74, 6) is 0.0729. The highest BCUT2D eigenvalue weighted by Crippen LogP contribution is 2.16. The summed E-state index contributed by atoms with van der Waals surface area (Å²) in [7, 11) is -4.06. The number of carbonyl (C=O) groups is 1. The zero-order chi connectivity index (χ0) is 10.6. The van der Waals surface area contributed by atoms with E-state index in [1.807, 2.05) is 0 Å². The van der Waals surface area contributed by atoms with Crippen LogP contribution in [0.25, 0.3) is 0 Å². The van der Waals surface area contributed by atoms with Crippen LogP contribution in [0.15, 0.2) is 24.3 Å². The largest absolute Gasteiger partial charge is 0.409 e. The van der Waals surface area contributed by atoms with Gasteiger partial charge in [0, 0.05) is 5.02 Å². The standard InChI is InChI=1S/C7H6ClNO4S/c8-6-1-3-7(4-2-6)13-14(11,12)9-5-10/h1-5H,(H,9,10). The number of halogens is 1. The molecule has 5 nitrogen and oxygen atoms in total. The number of rotatable bonds is 4. The Morgan fingerprint density at radius 2 is 1.86 bits per heavy atom. The minimum atomic E-state index is -4.06. The van der Waals surface area contributed by atoms with Gasteiger partial charge in [-0.3, -0.25) is 4.79 Å². The molecule has 0 aliphatic rings. The minimum absolute atomic E-state index is 0.0191. The second kappa shape index (κ2) is 4.30. The molecule has 0 unspecified atom stereocenters. The van der Waals surface area contributed by atoms with E-state index in [2.05, 4.69) is 4.18 Å². The lowest BCUT2D eigenvalue weighted by atomic mass is 10.3. The van der Waals surface area contributed by atoms with Gasteiger partial charge in [-0.15, -0.1) is 0 Å². The van der Waals surface area contributed by atoms with Gasteiger partial charge in [0.2, 0.25) is 6.41 Å². The first-order valence-corrected chi connectivity index (χ1v) is 5.23. The highest BCUT2D eigenvalue weighted by Gasteiger charge is 2.09. The smallest absolute Gasteiger partial charge is 0.367 e. The molecule has 0 aliphatic carbocycles. The van der Waals surface area contributed by atoms with E-state index in [-0.39, 0.29) is 12.2 Å². The zero-order valence-corrected chi connectivity index (χ0v) is 8.38. The molecule has 76 valence electrons. The minimum Gasteiger partial charge on any atom is -0.367 e. The van der Waals surface area contributed by atoms with Crippen LogP contribution in [0, 0.1) is 0 Å². The van der Waals surface area contributed by atoms with E-state index in [4.69, 9.17) is 11.6 Å². The molecule has 0 bridgehead atoms. The van der Waals surface area contributed by atoms with E-state index in [1.165, 1.54) is 29.0 Å². The maximum atomic E-state index is 10.9. The Hall–Kier alpha value is -1.27. The van der Waals surface area contributed by atoms with Gasteiger partial charge in [-0.05, 0) is 24.3 Å². The predicted molar refractivity (Wildman–Crippen MR) is 50.2 cm³/mol. The van der Waals surface area contributed by atoms with Crippen molar-refractivity contribution in [3.8, 4) is 5.75 Å². The van der Waals surface area contributed by atoms with Crippen molar-refractivity contribution >= 4 is 28.3 Å². The SMILES string of the molecule is O=CNS(=O)(=O)Oc1ccc(Cl)cc1. The molecular weight excluding hydrogens is 230 g/mol. The van der Waals surface area contributed by atoms with E-state index in [1.54, 1.807) is 0 Å². The summed E-state index contributed by atoms with van der Waals surface area (Å²) in [5, 5.41) is 0.457. The number of hydrogen-bond donors (Lipinski definition) is 1. The molecule has 0 aromatic heterocycles. The molecule has 0 radical (unpaired) electrons. The van der Waals surface area contributed by atoms with E-state index in [0.29, 0.717) is 5.02 Å². The number of carbonyl (C=O) groups excluding carboxylic acids is 1. The van der Waals surface area contributed by atoms with Crippen molar-refractivity contribution in [1.29, 1.82) is 0 Å². The molecule has 0 spiro atoms. The second-order valence-electron chi connectivity index (χ2n) is 2.23. The summed E-state index contributed by atoms with van der Waals surface area (Å²) in [4.78, 5) is 9.87. The lowest BCUT2D eigenvalue weighted by Gasteiger charge is -2.04. The first-order valence-electron chi connectivity index (χ1n) is 3.44. The van der Waals surface area contributed by atoms with Gasteiger partial charge in [0.1, 0.15) is 5.75 Å². The van der Waals surface area contributed by atoms with Crippen molar-refractivity contribution in [3.63, 3.8) is 0 Å². The number of amides is 1. The van der Waals surface area contributed by atoms with Crippen LogP contribution in [-0.2, 0) is 15.1 Å². The predicted octanol–water partition coefficient (Wildman–Crippen LogP) is 0.710. The van der Waals surface area contributed by atoms with Gasteiger partial charge in [0.05, 0.1) is 0 Å². The molecule has 1 amide bonds. The van der Waals surface area contributed by atoms with Crippen LogP contribution in [0.1, 0.15) is 0 Å². The quantitative estimate of drug-likeness (QED) is 0.780. The molecule has 0 atom stereocenters. The normalized spacial score (nSPS) is 10.6. The van der Waals surface area contributed by atoms with Crippen molar-refractivity contribution in [1.82, 2.24) is 4.72 Å². The summed E-state index contributed by atoms with van der Waals surface area (Å²) in [6, 6.07) is 5.67. The Morgan fingerprint density at radius 1 is 1.29 bits per heavy atom. The Balaban J connectivity index is 2.79. The molecule has 0 saturated heterocycles. The van der Waals surface area contributed by atoms with Crippen molar-refractivity contribution in [2.75, 3.05) is 0 Å². The third-order valence-corrected chi connectivity index (χ3v) is 2.26. The maximum Gasteiger partial charge on any atom is 0.409 e. The summed E-state index contributed by atoms with van der Waals surface area (Å²) in [6.45, 7) is 0. The van der Waals surface area contributed by atoms with Crippen LogP contribution in [0.4, 0.5) is 0 Å². The van der Waals surface area contributed by atoms with Crippen LogP contribution in [0.2, 0.25) is 5.02 Å². The average Bonchev–Trinajstić information content (AvgIpc) is 2.08. The lowest BCUT2D eigenvalue weighted by Crippen LogP contribution is -2.26. The van der Waals surface area contributed by atoms with E-state index < -0.39 is 10.3 Å². The van der Waals surface area contributed by atoms with Crippen LogP contribution in [0.3, 0.4) is 0 Å². The topological polar surface area (TPSA) is 72.5 Å². The van der Waals surface area contributed by atoms with Crippen LogP contribution in [-0.4, -0.2) is 14.8 Å². The highest BCUT2D eigenvalue weighted by atomic mass is 35.5. The Kier molecular flexibility index (Phi) is 3.32. The fourth-order valence-corrected chi connectivity index (χ4v) is 1.36. The van der Waals surface area contributed by atoms with Crippen LogP contribution >= 0.6 is 11.6 Å². The first-order chi connectivity index (χ1) is 6.53. The molecule has 1 aromatic carbocycles. The number of nitrogens with one attached hydrogen (secondary N) is 1. The third kappa shape index (κ3) is 3.23. The second-order valence-corrected chi connectivity index (χ2v) is 3.97. The zero-order valence-electron chi connectivity index (χ0n) is 6.81. The average molecular weight is 236 g/mol. The molecule has 0 saturated carbocycles. The highest BCUT2D eigenvalue weighted by molar-refractivity contribution is 7.85. The van der Waals surface area contributed by atoms with E-state index in [0.717, 1.165) is 0 Å². The van der Waals surface area contributed by atoms with Gasteiger partial charge in [0.25, 0.3) is 0 Å². The lowest BCUT2D eigenvalue weighted by molar-refractivity contribution is -0.108. The summed E-state index contributed by atoms with van der Waals surface area (Å²) in [6.07, 6.45) is 0.0191.